The molecule has 0 saturated carbocycles. The van der Waals surface area contributed by atoms with Crippen molar-refractivity contribution in [3.8, 4) is 16.9 Å². The fraction of sp³-hybridized carbons (Fsp3) is 0.125. The Hall–Kier alpha value is -2.33. The Labute approximate surface area is 128 Å². The predicted octanol–water partition coefficient (Wildman–Crippen LogP) is 3.79. The fourth-order valence-corrected chi connectivity index (χ4v) is 2.38. The molecule has 2 aromatic carbocycles. The Morgan fingerprint density at radius 1 is 1.05 bits per heavy atom. The van der Waals surface area contributed by atoms with Gasteiger partial charge in [0.15, 0.2) is 5.82 Å². The van der Waals surface area contributed by atoms with Crippen LogP contribution in [0.1, 0.15) is 11.1 Å². The number of anilines is 1. The van der Waals surface area contributed by atoms with Crippen molar-refractivity contribution in [1.82, 2.24) is 15.0 Å². The molecule has 0 aliphatic heterocycles. The number of benzene rings is 2. The number of aryl methyl sites for hydroxylation is 2. The summed E-state index contributed by atoms with van der Waals surface area (Å²) in [5.74, 6) is 0.504. The van der Waals surface area contributed by atoms with Crippen LogP contribution in [0.5, 0.6) is 0 Å². The van der Waals surface area contributed by atoms with Gasteiger partial charge >= 0.3 is 0 Å². The van der Waals surface area contributed by atoms with Crippen molar-refractivity contribution < 1.29 is 0 Å². The van der Waals surface area contributed by atoms with Crippen LogP contribution in [0.25, 0.3) is 16.9 Å². The highest BCUT2D eigenvalue weighted by Gasteiger charge is 2.15. The molecule has 3 rings (SSSR count). The molecule has 0 spiro atoms. The molecule has 0 amide bonds. The molecule has 1 heterocycles. The molecule has 1 aromatic heterocycles. The summed E-state index contributed by atoms with van der Waals surface area (Å²) in [4.78, 5) is 0. The predicted molar refractivity (Wildman–Crippen MR) is 85.7 cm³/mol. The van der Waals surface area contributed by atoms with Gasteiger partial charge in [0.2, 0.25) is 0 Å². The molecule has 2 N–H and O–H groups in total. The highest BCUT2D eigenvalue weighted by molar-refractivity contribution is 6.30. The molecule has 0 aliphatic rings. The van der Waals surface area contributed by atoms with E-state index in [1.54, 1.807) is 4.68 Å². The second-order valence-corrected chi connectivity index (χ2v) is 5.47. The third-order valence-corrected chi connectivity index (χ3v) is 3.67. The lowest BCUT2D eigenvalue weighted by Gasteiger charge is -2.06. The van der Waals surface area contributed by atoms with Crippen molar-refractivity contribution in [2.75, 3.05) is 5.73 Å². The zero-order valence-electron chi connectivity index (χ0n) is 11.8. The molecule has 0 bridgehead atoms. The van der Waals surface area contributed by atoms with Crippen LogP contribution in [0, 0.1) is 13.8 Å². The third-order valence-electron chi connectivity index (χ3n) is 3.44. The maximum atomic E-state index is 6.22. The zero-order chi connectivity index (χ0) is 15.0. The fourth-order valence-electron chi connectivity index (χ4n) is 2.21. The summed E-state index contributed by atoms with van der Waals surface area (Å²) in [7, 11) is 0. The van der Waals surface area contributed by atoms with Crippen LogP contribution < -0.4 is 5.73 Å². The van der Waals surface area contributed by atoms with E-state index >= 15 is 0 Å². The SMILES string of the molecule is Cc1ccc(-n2nnc(-c3cc(Cl)ccc3C)c2N)cc1. The van der Waals surface area contributed by atoms with Crippen molar-refractivity contribution in [2.24, 2.45) is 0 Å². The van der Waals surface area contributed by atoms with Gasteiger partial charge in [-0.3, -0.25) is 0 Å². The molecule has 0 radical (unpaired) electrons. The first-order valence-corrected chi connectivity index (χ1v) is 6.99. The number of hydrogen-bond donors (Lipinski definition) is 1. The van der Waals surface area contributed by atoms with Crippen LogP contribution in [0.2, 0.25) is 5.02 Å². The zero-order valence-corrected chi connectivity index (χ0v) is 12.6. The van der Waals surface area contributed by atoms with Gasteiger partial charge in [-0.05, 0) is 43.7 Å². The highest BCUT2D eigenvalue weighted by Crippen LogP contribution is 2.30. The summed E-state index contributed by atoms with van der Waals surface area (Å²) in [6.45, 7) is 4.03. The topological polar surface area (TPSA) is 56.7 Å². The number of halogens is 1. The normalized spacial score (nSPS) is 10.8. The minimum absolute atomic E-state index is 0.504. The number of rotatable bonds is 2. The van der Waals surface area contributed by atoms with E-state index in [9.17, 15) is 0 Å². The molecule has 5 heteroatoms. The van der Waals surface area contributed by atoms with Gasteiger partial charge in [-0.15, -0.1) is 5.10 Å². The third kappa shape index (κ3) is 2.50. The number of nitrogens with two attached hydrogens (primary N) is 1. The average molecular weight is 299 g/mol. The van der Waals surface area contributed by atoms with Crippen molar-refractivity contribution in [2.45, 2.75) is 13.8 Å². The van der Waals surface area contributed by atoms with Gasteiger partial charge in [-0.1, -0.05) is 40.6 Å². The second kappa shape index (κ2) is 5.22. The Bertz CT molecular complexity index is 791. The standard InChI is InChI=1S/C16H15ClN4/c1-10-3-7-13(8-4-10)21-16(18)15(19-20-21)14-9-12(17)6-5-11(14)2/h3-9H,18H2,1-2H3. The van der Waals surface area contributed by atoms with E-state index in [1.165, 1.54) is 5.56 Å². The Kier molecular flexibility index (Phi) is 3.39. The van der Waals surface area contributed by atoms with Gasteiger partial charge in [0.1, 0.15) is 5.69 Å². The Morgan fingerprint density at radius 3 is 2.48 bits per heavy atom. The number of nitrogen functional groups attached to an aromatic ring is 1. The van der Waals surface area contributed by atoms with Gasteiger partial charge in [0.25, 0.3) is 0 Å². The van der Waals surface area contributed by atoms with Crippen LogP contribution in [0.4, 0.5) is 5.82 Å². The first-order chi connectivity index (χ1) is 10.1. The second-order valence-electron chi connectivity index (χ2n) is 5.03. The number of aromatic nitrogens is 3. The van der Waals surface area contributed by atoms with E-state index in [2.05, 4.69) is 10.3 Å². The van der Waals surface area contributed by atoms with Gasteiger partial charge in [-0.2, -0.15) is 4.68 Å². The van der Waals surface area contributed by atoms with Crippen molar-refractivity contribution in [3.05, 3.63) is 58.6 Å². The lowest BCUT2D eigenvalue weighted by atomic mass is 10.1. The van der Waals surface area contributed by atoms with E-state index in [4.69, 9.17) is 17.3 Å². The van der Waals surface area contributed by atoms with E-state index in [0.29, 0.717) is 16.5 Å². The summed E-state index contributed by atoms with van der Waals surface area (Å²) in [5.41, 5.74) is 10.9. The molecule has 3 aromatic rings. The number of nitrogens with zero attached hydrogens (tertiary/aromatic N) is 3. The molecule has 0 fully saturated rings. The summed E-state index contributed by atoms with van der Waals surface area (Å²) >= 11 is 6.06. The quantitative estimate of drug-likeness (QED) is 0.783. The van der Waals surface area contributed by atoms with Crippen LogP contribution in [-0.2, 0) is 0 Å². The lowest BCUT2D eigenvalue weighted by molar-refractivity contribution is 0.810. The van der Waals surface area contributed by atoms with Crippen molar-refractivity contribution in [3.63, 3.8) is 0 Å². The molecule has 4 nitrogen and oxygen atoms in total. The van der Waals surface area contributed by atoms with E-state index in [-0.39, 0.29) is 0 Å². The molecule has 21 heavy (non-hydrogen) atoms. The maximum Gasteiger partial charge on any atom is 0.155 e. The lowest BCUT2D eigenvalue weighted by Crippen LogP contribution is -2.02. The van der Waals surface area contributed by atoms with Crippen LogP contribution in [0.15, 0.2) is 42.5 Å². The Morgan fingerprint density at radius 2 is 1.76 bits per heavy atom. The largest absolute Gasteiger partial charge is 0.382 e. The molecule has 0 atom stereocenters. The summed E-state index contributed by atoms with van der Waals surface area (Å²) in [6.07, 6.45) is 0. The minimum atomic E-state index is 0.504. The Balaban J connectivity index is 2.11. The average Bonchev–Trinajstić information content (AvgIpc) is 2.84. The minimum Gasteiger partial charge on any atom is -0.382 e. The van der Waals surface area contributed by atoms with Crippen molar-refractivity contribution in [1.29, 1.82) is 0 Å². The van der Waals surface area contributed by atoms with Gasteiger partial charge in [0, 0.05) is 10.6 Å². The molecule has 0 saturated heterocycles. The maximum absolute atomic E-state index is 6.22. The van der Waals surface area contributed by atoms with Crippen LogP contribution in [-0.4, -0.2) is 15.0 Å². The van der Waals surface area contributed by atoms with E-state index in [1.807, 2.05) is 56.3 Å². The monoisotopic (exact) mass is 298 g/mol. The van der Waals surface area contributed by atoms with Gasteiger partial charge in [0.05, 0.1) is 5.69 Å². The molecule has 106 valence electrons. The molecular weight excluding hydrogens is 284 g/mol. The van der Waals surface area contributed by atoms with Gasteiger partial charge < -0.3 is 5.73 Å². The molecule has 0 unspecified atom stereocenters. The smallest absolute Gasteiger partial charge is 0.155 e. The van der Waals surface area contributed by atoms with E-state index < -0.39 is 0 Å². The van der Waals surface area contributed by atoms with Crippen molar-refractivity contribution >= 4 is 17.4 Å². The first-order valence-electron chi connectivity index (χ1n) is 6.61. The van der Waals surface area contributed by atoms with E-state index in [0.717, 1.165) is 16.8 Å². The summed E-state index contributed by atoms with van der Waals surface area (Å²) in [5, 5.41) is 9.03. The highest BCUT2D eigenvalue weighted by atomic mass is 35.5. The van der Waals surface area contributed by atoms with Gasteiger partial charge in [-0.25, -0.2) is 0 Å². The van der Waals surface area contributed by atoms with Crippen LogP contribution in [0.3, 0.4) is 0 Å². The summed E-state index contributed by atoms with van der Waals surface area (Å²) in [6, 6.07) is 13.6. The van der Waals surface area contributed by atoms with Crippen LogP contribution >= 0.6 is 11.6 Å². The first kappa shape index (κ1) is 13.6. The molecular formula is C16H15ClN4. The molecule has 0 aliphatic carbocycles. The summed E-state index contributed by atoms with van der Waals surface area (Å²) < 4.78 is 1.63. The number of hydrogen-bond acceptors (Lipinski definition) is 3.